The van der Waals surface area contributed by atoms with E-state index < -0.39 is 9.84 Å². The van der Waals surface area contributed by atoms with Gasteiger partial charge in [-0.3, -0.25) is 0 Å². The van der Waals surface area contributed by atoms with Crippen LogP contribution in [0.1, 0.15) is 0 Å². The average Bonchev–Trinajstić information content (AvgIpc) is 2.39. The van der Waals surface area contributed by atoms with Crippen LogP contribution in [-0.4, -0.2) is 15.5 Å². The standard InChI is InChI=1S/C13H11O3S/c1-16-12-9-5-6-10-13(12)17(14,15)11-7-3-2-4-8-11/h2-9H,1H3. The molecule has 0 aliphatic rings. The van der Waals surface area contributed by atoms with Gasteiger partial charge in [-0.1, -0.05) is 30.3 Å². The molecule has 4 heteroatoms. The number of ether oxygens (including phenoxy) is 1. The third-order valence-electron chi connectivity index (χ3n) is 2.32. The molecule has 3 nitrogen and oxygen atoms in total. The summed E-state index contributed by atoms with van der Waals surface area (Å²) in [5.41, 5.74) is 0. The number of benzene rings is 2. The second kappa shape index (κ2) is 4.59. The molecule has 0 atom stereocenters. The second-order valence-electron chi connectivity index (χ2n) is 3.38. The highest BCUT2D eigenvalue weighted by Crippen LogP contribution is 2.28. The molecule has 1 radical (unpaired) electrons. The normalized spacial score (nSPS) is 11.1. The number of sulfone groups is 1. The van der Waals surface area contributed by atoms with Gasteiger partial charge >= 0.3 is 0 Å². The van der Waals surface area contributed by atoms with Gasteiger partial charge in [0.2, 0.25) is 9.84 Å². The molecule has 0 fully saturated rings. The van der Waals surface area contributed by atoms with Crippen molar-refractivity contribution in [3.63, 3.8) is 0 Å². The van der Waals surface area contributed by atoms with E-state index in [1.54, 1.807) is 48.5 Å². The van der Waals surface area contributed by atoms with E-state index in [0.29, 0.717) is 5.75 Å². The van der Waals surface area contributed by atoms with Crippen molar-refractivity contribution in [1.82, 2.24) is 0 Å². The van der Waals surface area contributed by atoms with Gasteiger partial charge in [0.25, 0.3) is 0 Å². The summed E-state index contributed by atoms with van der Waals surface area (Å²) in [5.74, 6) is 0.302. The van der Waals surface area contributed by atoms with Crippen molar-refractivity contribution in [1.29, 1.82) is 0 Å². The van der Waals surface area contributed by atoms with Crippen LogP contribution in [0.15, 0.2) is 58.3 Å². The summed E-state index contributed by atoms with van der Waals surface area (Å²) in [6.07, 6.45) is 0. The van der Waals surface area contributed by atoms with Gasteiger partial charge < -0.3 is 4.74 Å². The Hall–Kier alpha value is -1.81. The van der Waals surface area contributed by atoms with Crippen LogP contribution in [0.5, 0.6) is 5.75 Å². The molecule has 87 valence electrons. The Morgan fingerprint density at radius 2 is 1.76 bits per heavy atom. The zero-order valence-electron chi connectivity index (χ0n) is 9.25. The van der Waals surface area contributed by atoms with Crippen molar-refractivity contribution in [2.24, 2.45) is 0 Å². The van der Waals surface area contributed by atoms with E-state index in [-0.39, 0.29) is 9.79 Å². The first-order valence-corrected chi connectivity index (χ1v) is 6.49. The summed E-state index contributed by atoms with van der Waals surface area (Å²) < 4.78 is 29.6. The lowest BCUT2D eigenvalue weighted by Crippen LogP contribution is -2.04. The fourth-order valence-electron chi connectivity index (χ4n) is 1.49. The van der Waals surface area contributed by atoms with E-state index >= 15 is 0 Å². The predicted molar refractivity (Wildman–Crippen MR) is 63.7 cm³/mol. The van der Waals surface area contributed by atoms with E-state index in [1.807, 2.05) is 0 Å². The molecule has 2 aromatic carbocycles. The van der Waals surface area contributed by atoms with Crippen molar-refractivity contribution in [2.45, 2.75) is 9.79 Å². The molecule has 2 rings (SSSR count). The fraction of sp³-hybridized carbons (Fsp3) is 0.0769. The molecule has 0 saturated carbocycles. The van der Waals surface area contributed by atoms with Crippen molar-refractivity contribution < 1.29 is 13.2 Å². The highest BCUT2D eigenvalue weighted by molar-refractivity contribution is 7.91. The molecule has 17 heavy (non-hydrogen) atoms. The zero-order valence-corrected chi connectivity index (χ0v) is 10.1. The van der Waals surface area contributed by atoms with Crippen LogP contribution >= 0.6 is 0 Å². The molecule has 2 aromatic rings. The number of hydrogen-bond acceptors (Lipinski definition) is 3. The topological polar surface area (TPSA) is 43.4 Å². The van der Waals surface area contributed by atoms with E-state index in [9.17, 15) is 8.42 Å². The van der Waals surface area contributed by atoms with Crippen LogP contribution in [0.3, 0.4) is 0 Å². The van der Waals surface area contributed by atoms with E-state index in [4.69, 9.17) is 4.74 Å². The lowest BCUT2D eigenvalue weighted by Gasteiger charge is -2.08. The zero-order chi connectivity index (χ0) is 12.3. The monoisotopic (exact) mass is 247 g/mol. The van der Waals surface area contributed by atoms with Gasteiger partial charge in [0.05, 0.1) is 12.0 Å². The molecule has 0 amide bonds. The third-order valence-corrected chi connectivity index (χ3v) is 4.07. The predicted octanol–water partition coefficient (Wildman–Crippen LogP) is 2.33. The minimum absolute atomic E-state index is 0.0636. The molecule has 0 spiro atoms. The summed E-state index contributed by atoms with van der Waals surface area (Å²) in [7, 11) is -2.12. The van der Waals surface area contributed by atoms with Crippen LogP contribution < -0.4 is 4.74 Å². The summed E-state index contributed by atoms with van der Waals surface area (Å²) >= 11 is 0. The number of hydrogen-bond donors (Lipinski definition) is 0. The first kappa shape index (κ1) is 11.7. The molecular formula is C13H11O3S. The van der Waals surface area contributed by atoms with Crippen LogP contribution in [0, 0.1) is 6.07 Å². The van der Waals surface area contributed by atoms with Crippen LogP contribution in [0.2, 0.25) is 0 Å². The lowest BCUT2D eigenvalue weighted by molar-refractivity contribution is 0.402. The second-order valence-corrected chi connectivity index (χ2v) is 5.27. The SMILES string of the molecule is COc1ccc[c]c1S(=O)(=O)c1ccccc1. The molecule has 0 N–H and O–H groups in total. The van der Waals surface area contributed by atoms with Crippen molar-refractivity contribution in [3.05, 3.63) is 54.6 Å². The first-order valence-electron chi connectivity index (χ1n) is 5.01. The van der Waals surface area contributed by atoms with Gasteiger partial charge in [-0.05, 0) is 18.2 Å². The van der Waals surface area contributed by atoms with Crippen molar-refractivity contribution in [2.75, 3.05) is 7.11 Å². The van der Waals surface area contributed by atoms with Gasteiger partial charge in [-0.2, -0.15) is 0 Å². The van der Waals surface area contributed by atoms with E-state index in [2.05, 4.69) is 6.07 Å². The molecule has 0 aliphatic heterocycles. The Morgan fingerprint density at radius 3 is 2.41 bits per heavy atom. The number of methoxy groups -OCH3 is 1. The molecular weight excluding hydrogens is 236 g/mol. The molecule has 0 unspecified atom stereocenters. The van der Waals surface area contributed by atoms with Gasteiger partial charge in [-0.25, -0.2) is 8.42 Å². The Balaban J connectivity index is 2.61. The quantitative estimate of drug-likeness (QED) is 0.836. The first-order chi connectivity index (χ1) is 8.16. The van der Waals surface area contributed by atoms with Gasteiger partial charge in [0.1, 0.15) is 10.6 Å². The molecule has 0 saturated heterocycles. The van der Waals surface area contributed by atoms with Gasteiger partial charge in [0.15, 0.2) is 0 Å². The smallest absolute Gasteiger partial charge is 0.210 e. The molecule has 0 aromatic heterocycles. The van der Waals surface area contributed by atoms with Gasteiger partial charge in [-0.15, -0.1) is 0 Å². The van der Waals surface area contributed by atoms with Crippen molar-refractivity contribution in [3.8, 4) is 5.75 Å². The van der Waals surface area contributed by atoms with Crippen LogP contribution in [-0.2, 0) is 9.84 Å². The Morgan fingerprint density at radius 1 is 1.06 bits per heavy atom. The maximum atomic E-state index is 12.3. The average molecular weight is 247 g/mol. The maximum absolute atomic E-state index is 12.3. The summed E-state index contributed by atoms with van der Waals surface area (Å²) in [4.78, 5) is 0.300. The van der Waals surface area contributed by atoms with E-state index in [0.717, 1.165) is 0 Å². The summed E-state index contributed by atoms with van der Waals surface area (Å²) in [6.45, 7) is 0. The Labute approximate surface area is 101 Å². The Kier molecular flexibility index (Phi) is 3.15. The van der Waals surface area contributed by atoms with E-state index in [1.165, 1.54) is 7.11 Å². The minimum atomic E-state index is -3.56. The molecule has 0 heterocycles. The third kappa shape index (κ3) is 2.17. The largest absolute Gasteiger partial charge is 0.495 e. The maximum Gasteiger partial charge on any atom is 0.210 e. The summed E-state index contributed by atoms with van der Waals surface area (Å²) in [5, 5.41) is 0. The van der Waals surface area contributed by atoms with Crippen molar-refractivity contribution >= 4 is 9.84 Å². The molecule has 0 aliphatic carbocycles. The minimum Gasteiger partial charge on any atom is -0.495 e. The van der Waals surface area contributed by atoms with Crippen LogP contribution in [0.25, 0.3) is 0 Å². The lowest BCUT2D eigenvalue weighted by atomic mass is 10.3. The Bertz CT molecular complexity index is 604. The highest BCUT2D eigenvalue weighted by atomic mass is 32.2. The summed E-state index contributed by atoms with van der Waals surface area (Å²) in [6, 6.07) is 15.8. The highest BCUT2D eigenvalue weighted by Gasteiger charge is 2.21. The van der Waals surface area contributed by atoms with Crippen LogP contribution in [0.4, 0.5) is 0 Å². The van der Waals surface area contributed by atoms with Gasteiger partial charge in [0, 0.05) is 6.07 Å². The fourth-order valence-corrected chi connectivity index (χ4v) is 2.88. The molecule has 0 bridgehead atoms. The number of rotatable bonds is 3.